The average molecular weight is 128 g/mol. The molecule has 0 fully saturated rings. The Labute approximate surface area is 56.2 Å². The average Bonchev–Trinajstić information content (AvgIpc) is 1.89. The fourth-order valence-corrected chi connectivity index (χ4v) is 0.436. The van der Waals surface area contributed by atoms with Gasteiger partial charge >= 0.3 is 0 Å². The number of terminal acetylenes is 1. The summed E-state index contributed by atoms with van der Waals surface area (Å²) in [5.74, 6) is 2.38. The Bertz CT molecular complexity index is 83.4. The predicted octanol–water partition coefficient (Wildman–Crippen LogP) is 0.673. The van der Waals surface area contributed by atoms with E-state index in [4.69, 9.17) is 15.9 Å². The van der Waals surface area contributed by atoms with Crippen LogP contribution in [0.2, 0.25) is 0 Å². The molecule has 0 atom stereocenters. The van der Waals surface area contributed by atoms with Gasteiger partial charge in [-0.1, -0.05) is 5.92 Å². The van der Waals surface area contributed by atoms with Gasteiger partial charge in [0.2, 0.25) is 0 Å². The van der Waals surface area contributed by atoms with Gasteiger partial charge in [0.05, 0.1) is 6.61 Å². The summed E-state index contributed by atoms with van der Waals surface area (Å²) in [5.41, 5.74) is 0. The van der Waals surface area contributed by atoms with Crippen LogP contribution in [0.25, 0.3) is 0 Å². The molecular formula is C7H12O2. The lowest BCUT2D eigenvalue weighted by Crippen LogP contribution is -1.98. The van der Waals surface area contributed by atoms with E-state index in [1.165, 1.54) is 0 Å². The van der Waals surface area contributed by atoms with Crippen LogP contribution in [0.5, 0.6) is 0 Å². The summed E-state index contributed by atoms with van der Waals surface area (Å²) < 4.78 is 9.76. The summed E-state index contributed by atoms with van der Waals surface area (Å²) in [6, 6.07) is 0. The van der Waals surface area contributed by atoms with E-state index in [-0.39, 0.29) is 0 Å². The monoisotopic (exact) mass is 128 g/mol. The van der Waals surface area contributed by atoms with E-state index < -0.39 is 0 Å². The maximum absolute atomic E-state index is 4.97. The molecule has 0 N–H and O–H groups in total. The molecule has 0 aliphatic rings. The Morgan fingerprint density at radius 2 is 2.22 bits per heavy atom. The van der Waals surface area contributed by atoms with Gasteiger partial charge in [0.15, 0.2) is 0 Å². The number of hydrogen-bond donors (Lipinski definition) is 0. The third kappa shape index (κ3) is 7.48. The van der Waals surface area contributed by atoms with Crippen LogP contribution >= 0.6 is 0 Å². The van der Waals surface area contributed by atoms with Gasteiger partial charge in [0.1, 0.15) is 6.61 Å². The van der Waals surface area contributed by atoms with Crippen molar-refractivity contribution in [3.05, 3.63) is 0 Å². The van der Waals surface area contributed by atoms with Gasteiger partial charge in [-0.2, -0.15) is 0 Å². The predicted molar refractivity (Wildman–Crippen MR) is 36.1 cm³/mol. The first-order valence-corrected chi connectivity index (χ1v) is 2.92. The van der Waals surface area contributed by atoms with Crippen molar-refractivity contribution in [1.29, 1.82) is 0 Å². The van der Waals surface area contributed by atoms with E-state index in [2.05, 4.69) is 5.92 Å². The number of methoxy groups -OCH3 is 1. The van der Waals surface area contributed by atoms with Crippen molar-refractivity contribution in [3.63, 3.8) is 0 Å². The maximum atomic E-state index is 4.97. The zero-order valence-corrected chi connectivity index (χ0v) is 5.72. The van der Waals surface area contributed by atoms with Crippen molar-refractivity contribution in [2.24, 2.45) is 0 Å². The SMILES string of the molecule is C#CCOCCCOC. The molecule has 2 heteroatoms. The number of hydrogen-bond acceptors (Lipinski definition) is 2. The van der Waals surface area contributed by atoms with Crippen LogP contribution in [0.3, 0.4) is 0 Å². The molecule has 0 bridgehead atoms. The summed E-state index contributed by atoms with van der Waals surface area (Å²) >= 11 is 0. The molecule has 0 aromatic carbocycles. The second kappa shape index (κ2) is 7.48. The molecule has 2 nitrogen and oxygen atoms in total. The van der Waals surface area contributed by atoms with Crippen molar-refractivity contribution in [2.45, 2.75) is 6.42 Å². The smallest absolute Gasteiger partial charge is 0.107 e. The van der Waals surface area contributed by atoms with Gasteiger partial charge in [0.25, 0.3) is 0 Å². The quantitative estimate of drug-likeness (QED) is 0.400. The Morgan fingerprint density at radius 3 is 2.78 bits per heavy atom. The van der Waals surface area contributed by atoms with E-state index >= 15 is 0 Å². The van der Waals surface area contributed by atoms with Gasteiger partial charge < -0.3 is 9.47 Å². The summed E-state index contributed by atoms with van der Waals surface area (Å²) in [4.78, 5) is 0. The first kappa shape index (κ1) is 8.48. The van der Waals surface area contributed by atoms with E-state index in [9.17, 15) is 0 Å². The van der Waals surface area contributed by atoms with Crippen LogP contribution in [-0.4, -0.2) is 26.9 Å². The molecule has 0 heterocycles. The van der Waals surface area contributed by atoms with Crippen molar-refractivity contribution in [3.8, 4) is 12.3 Å². The van der Waals surface area contributed by atoms with Crippen LogP contribution in [0.1, 0.15) is 6.42 Å². The normalized spacial score (nSPS) is 8.89. The lowest BCUT2D eigenvalue weighted by atomic mass is 10.5. The number of rotatable bonds is 5. The molecule has 0 saturated heterocycles. The third-order valence-electron chi connectivity index (χ3n) is 0.823. The largest absolute Gasteiger partial charge is 0.385 e. The minimum atomic E-state index is 0.406. The van der Waals surface area contributed by atoms with E-state index in [0.717, 1.165) is 13.0 Å². The van der Waals surface area contributed by atoms with Crippen LogP contribution in [0.15, 0.2) is 0 Å². The topological polar surface area (TPSA) is 18.5 Å². The van der Waals surface area contributed by atoms with Gasteiger partial charge in [0, 0.05) is 13.7 Å². The summed E-state index contributed by atoms with van der Waals surface area (Å²) in [7, 11) is 1.67. The molecule has 0 unspecified atom stereocenters. The number of ether oxygens (including phenoxy) is 2. The Morgan fingerprint density at radius 1 is 1.44 bits per heavy atom. The molecule has 0 rings (SSSR count). The van der Waals surface area contributed by atoms with Crippen LogP contribution in [-0.2, 0) is 9.47 Å². The molecule has 0 saturated carbocycles. The fourth-order valence-electron chi connectivity index (χ4n) is 0.436. The summed E-state index contributed by atoms with van der Waals surface area (Å²) in [6.07, 6.45) is 5.85. The molecule has 52 valence electrons. The van der Waals surface area contributed by atoms with Gasteiger partial charge in [-0.3, -0.25) is 0 Å². The van der Waals surface area contributed by atoms with Crippen molar-refractivity contribution in [2.75, 3.05) is 26.9 Å². The lowest BCUT2D eigenvalue weighted by molar-refractivity contribution is 0.123. The maximum Gasteiger partial charge on any atom is 0.107 e. The standard InChI is InChI=1S/C7H12O2/c1-3-5-9-7-4-6-8-2/h1H,4-7H2,2H3. The Balaban J connectivity index is 2.69. The summed E-state index contributed by atoms with van der Waals surface area (Å²) in [6.45, 7) is 1.84. The third-order valence-corrected chi connectivity index (χ3v) is 0.823. The zero-order valence-electron chi connectivity index (χ0n) is 5.72. The molecule has 0 radical (unpaired) electrons. The zero-order chi connectivity index (χ0) is 6.95. The minimum absolute atomic E-state index is 0.406. The molecule has 0 spiro atoms. The van der Waals surface area contributed by atoms with Crippen LogP contribution in [0, 0.1) is 12.3 Å². The van der Waals surface area contributed by atoms with Gasteiger partial charge in [-0.25, -0.2) is 0 Å². The second-order valence-corrected chi connectivity index (χ2v) is 1.60. The lowest BCUT2D eigenvalue weighted by Gasteiger charge is -1.97. The van der Waals surface area contributed by atoms with Crippen LogP contribution in [0.4, 0.5) is 0 Å². The molecule has 0 aliphatic heterocycles. The minimum Gasteiger partial charge on any atom is -0.385 e. The van der Waals surface area contributed by atoms with E-state index in [1.807, 2.05) is 0 Å². The molecular weight excluding hydrogens is 116 g/mol. The highest BCUT2D eigenvalue weighted by Gasteiger charge is 1.83. The molecule has 0 aromatic heterocycles. The van der Waals surface area contributed by atoms with Crippen molar-refractivity contribution >= 4 is 0 Å². The molecule has 0 amide bonds. The van der Waals surface area contributed by atoms with E-state index in [1.54, 1.807) is 7.11 Å². The first-order chi connectivity index (χ1) is 4.41. The highest BCUT2D eigenvalue weighted by atomic mass is 16.5. The highest BCUT2D eigenvalue weighted by molar-refractivity contribution is 4.82. The van der Waals surface area contributed by atoms with Gasteiger partial charge in [-0.15, -0.1) is 6.42 Å². The molecule has 0 aliphatic carbocycles. The highest BCUT2D eigenvalue weighted by Crippen LogP contribution is 1.81. The fraction of sp³-hybridized carbons (Fsp3) is 0.714. The van der Waals surface area contributed by atoms with Crippen molar-refractivity contribution in [1.82, 2.24) is 0 Å². The second-order valence-electron chi connectivity index (χ2n) is 1.60. The Kier molecular flexibility index (Phi) is 7.05. The van der Waals surface area contributed by atoms with Gasteiger partial charge in [-0.05, 0) is 6.42 Å². The van der Waals surface area contributed by atoms with Crippen molar-refractivity contribution < 1.29 is 9.47 Å². The summed E-state index contributed by atoms with van der Waals surface area (Å²) in [5, 5.41) is 0. The first-order valence-electron chi connectivity index (χ1n) is 2.92. The van der Waals surface area contributed by atoms with Crippen LogP contribution < -0.4 is 0 Å². The molecule has 0 aromatic rings. The molecule has 9 heavy (non-hydrogen) atoms. The van der Waals surface area contributed by atoms with E-state index in [0.29, 0.717) is 13.2 Å². The Hall–Kier alpha value is -0.520.